The molecular weight excluding hydrogens is 504 g/mol. The van der Waals surface area contributed by atoms with E-state index in [-0.39, 0.29) is 41.7 Å². The van der Waals surface area contributed by atoms with E-state index in [0.717, 1.165) is 73.7 Å². The lowest BCUT2D eigenvalue weighted by Gasteiger charge is -2.37. The van der Waals surface area contributed by atoms with Gasteiger partial charge in [0, 0.05) is 48.6 Å². The van der Waals surface area contributed by atoms with Gasteiger partial charge in [0.1, 0.15) is 6.33 Å². The number of morpholine rings is 1. The molecule has 3 fully saturated rings. The molecule has 4 aliphatic rings. The summed E-state index contributed by atoms with van der Waals surface area (Å²) in [6.45, 7) is 8.41. The Bertz CT molecular complexity index is 1440. The molecule has 3 atom stereocenters. The van der Waals surface area contributed by atoms with Crippen LogP contribution in [0.3, 0.4) is 0 Å². The van der Waals surface area contributed by atoms with E-state index in [9.17, 15) is 9.59 Å². The molecule has 3 aromatic rings. The summed E-state index contributed by atoms with van der Waals surface area (Å²) in [6.07, 6.45) is 5.55. The number of carbonyl (C=O) groups is 2. The van der Waals surface area contributed by atoms with Crippen molar-refractivity contribution in [2.45, 2.75) is 39.3 Å². The molecule has 2 aromatic heterocycles. The third kappa shape index (κ3) is 3.74. The van der Waals surface area contributed by atoms with Gasteiger partial charge in [-0.3, -0.25) is 14.5 Å². The molecule has 1 N–H and O–H groups in total. The molecule has 5 heterocycles. The maximum atomic E-state index is 12.9. The topological polar surface area (TPSA) is 92.1 Å². The first-order chi connectivity index (χ1) is 18.3. The Labute approximate surface area is 226 Å². The highest BCUT2D eigenvalue weighted by Crippen LogP contribution is 2.63. The van der Waals surface area contributed by atoms with Gasteiger partial charge in [0.05, 0.1) is 42.3 Å². The van der Waals surface area contributed by atoms with Gasteiger partial charge in [-0.05, 0) is 47.6 Å². The van der Waals surface area contributed by atoms with Crippen molar-refractivity contribution in [2.75, 3.05) is 37.7 Å². The first-order valence-electron chi connectivity index (χ1n) is 13.4. The molecule has 9 nitrogen and oxygen atoms in total. The van der Waals surface area contributed by atoms with Crippen LogP contribution in [0.25, 0.3) is 16.8 Å². The summed E-state index contributed by atoms with van der Waals surface area (Å²) in [7, 11) is 0. The summed E-state index contributed by atoms with van der Waals surface area (Å²) >= 11 is 6.63. The maximum Gasteiger partial charge on any atom is 0.233 e. The first kappa shape index (κ1) is 24.1. The van der Waals surface area contributed by atoms with Crippen molar-refractivity contribution in [3.8, 4) is 11.3 Å². The van der Waals surface area contributed by atoms with Crippen molar-refractivity contribution >= 4 is 34.6 Å². The number of aryl methyl sites for hydroxylation is 1. The zero-order valence-corrected chi connectivity index (χ0v) is 22.4. The number of hydrogen-bond donors (Lipinski definition) is 1. The second-order valence-electron chi connectivity index (χ2n) is 11.5. The van der Waals surface area contributed by atoms with Crippen LogP contribution in [0.5, 0.6) is 0 Å². The van der Waals surface area contributed by atoms with E-state index in [1.54, 1.807) is 10.8 Å². The number of nitrogens with zero attached hydrogens (tertiary/aromatic N) is 5. The van der Waals surface area contributed by atoms with Crippen LogP contribution in [-0.4, -0.2) is 70.2 Å². The molecule has 38 heavy (non-hydrogen) atoms. The van der Waals surface area contributed by atoms with E-state index in [1.807, 2.05) is 32.2 Å². The monoisotopic (exact) mass is 534 g/mol. The van der Waals surface area contributed by atoms with Crippen LogP contribution in [0.1, 0.15) is 31.4 Å². The van der Waals surface area contributed by atoms with E-state index >= 15 is 0 Å². The zero-order chi connectivity index (χ0) is 26.2. The molecule has 2 saturated heterocycles. The standard InChI is InChI=1S/C28H31ClN6O3/c1-28(2)22-23(28)27(37)34(26(22)36)12-16-8-21-24(31-15-32-35(21)13-16)20-10-18(29)9-17-4-3-6-33(25(17)20)14-19-11-30-5-7-38-19/h8-10,13,15,19,22-23,30H,3-7,11-12,14H2,1-2H3/t19-,22?,23?/m0/s1. The highest BCUT2D eigenvalue weighted by atomic mass is 35.5. The van der Waals surface area contributed by atoms with Gasteiger partial charge in [0.15, 0.2) is 0 Å². The van der Waals surface area contributed by atoms with Gasteiger partial charge in [-0.15, -0.1) is 0 Å². The Kier molecular flexibility index (Phi) is 5.55. The second-order valence-corrected chi connectivity index (χ2v) is 12.0. The number of hydrogen-bond acceptors (Lipinski definition) is 7. The van der Waals surface area contributed by atoms with Crippen molar-refractivity contribution in [1.29, 1.82) is 0 Å². The van der Waals surface area contributed by atoms with Gasteiger partial charge >= 0.3 is 0 Å². The summed E-state index contributed by atoms with van der Waals surface area (Å²) in [5.41, 5.74) is 5.55. The number of carbonyl (C=O) groups excluding carboxylic acids is 2. The fourth-order valence-corrected chi connectivity index (χ4v) is 7.00. The number of halogens is 1. The Morgan fingerprint density at radius 1 is 1.18 bits per heavy atom. The van der Waals surface area contributed by atoms with E-state index in [4.69, 9.17) is 21.3 Å². The summed E-state index contributed by atoms with van der Waals surface area (Å²) in [5.74, 6) is -0.500. The van der Waals surface area contributed by atoms with Gasteiger partial charge in [0.25, 0.3) is 0 Å². The van der Waals surface area contributed by atoms with Gasteiger partial charge < -0.3 is 15.0 Å². The number of ether oxygens (including phenoxy) is 1. The van der Waals surface area contributed by atoms with Crippen LogP contribution in [-0.2, 0) is 27.3 Å². The molecule has 1 aromatic carbocycles. The minimum Gasteiger partial charge on any atom is -0.374 e. The third-order valence-corrected chi connectivity index (χ3v) is 8.94. The largest absolute Gasteiger partial charge is 0.374 e. The van der Waals surface area contributed by atoms with E-state index < -0.39 is 0 Å². The van der Waals surface area contributed by atoms with E-state index in [0.29, 0.717) is 5.02 Å². The minimum atomic E-state index is -0.217. The molecular formula is C28H31ClN6O3. The van der Waals surface area contributed by atoms with Crippen LogP contribution in [0.15, 0.2) is 30.7 Å². The number of nitrogens with one attached hydrogen (secondary N) is 1. The average Bonchev–Trinajstić information content (AvgIpc) is 3.14. The van der Waals surface area contributed by atoms with Crippen LogP contribution in [0.4, 0.5) is 5.69 Å². The quantitative estimate of drug-likeness (QED) is 0.503. The average molecular weight is 535 g/mol. The third-order valence-electron chi connectivity index (χ3n) is 8.72. The lowest BCUT2D eigenvalue weighted by atomic mass is 9.95. The normalized spacial score (nSPS) is 26.1. The summed E-state index contributed by atoms with van der Waals surface area (Å²) in [4.78, 5) is 34.3. The van der Waals surface area contributed by atoms with Crippen molar-refractivity contribution in [2.24, 2.45) is 17.3 Å². The molecule has 0 radical (unpaired) electrons. The smallest absolute Gasteiger partial charge is 0.233 e. The number of aromatic nitrogens is 3. The minimum absolute atomic E-state index is 0.0643. The lowest BCUT2D eigenvalue weighted by Crippen LogP contribution is -2.46. The number of fused-ring (bicyclic) bond motifs is 3. The van der Waals surface area contributed by atoms with Gasteiger partial charge in [-0.1, -0.05) is 25.4 Å². The van der Waals surface area contributed by atoms with Crippen molar-refractivity contribution in [3.05, 3.63) is 46.9 Å². The molecule has 1 saturated carbocycles. The van der Waals surface area contributed by atoms with Crippen LogP contribution in [0, 0.1) is 17.3 Å². The zero-order valence-electron chi connectivity index (χ0n) is 21.6. The van der Waals surface area contributed by atoms with Crippen LogP contribution in [0.2, 0.25) is 5.02 Å². The molecule has 1 aliphatic carbocycles. The van der Waals surface area contributed by atoms with E-state index in [2.05, 4.69) is 21.4 Å². The summed E-state index contributed by atoms with van der Waals surface area (Å²) in [6, 6.07) is 6.03. The second kappa shape index (κ2) is 8.76. The number of imide groups is 1. The number of piperidine rings is 1. The Balaban J connectivity index is 1.25. The maximum absolute atomic E-state index is 12.9. The van der Waals surface area contributed by atoms with E-state index in [1.165, 1.54) is 10.5 Å². The number of likely N-dealkylation sites (tertiary alicyclic amines) is 1. The number of anilines is 1. The van der Waals surface area contributed by atoms with Crippen LogP contribution >= 0.6 is 11.6 Å². The molecule has 198 valence electrons. The molecule has 3 aliphatic heterocycles. The fraction of sp³-hybridized carbons (Fsp3) is 0.500. The van der Waals surface area contributed by atoms with Crippen LogP contribution < -0.4 is 10.2 Å². The lowest BCUT2D eigenvalue weighted by molar-refractivity contribution is -0.143. The van der Waals surface area contributed by atoms with Crippen molar-refractivity contribution < 1.29 is 14.3 Å². The van der Waals surface area contributed by atoms with Crippen molar-refractivity contribution in [3.63, 3.8) is 0 Å². The number of benzene rings is 1. The fourth-order valence-electron chi connectivity index (χ4n) is 6.76. The Hall–Kier alpha value is -3.01. The summed E-state index contributed by atoms with van der Waals surface area (Å²) in [5, 5.41) is 8.54. The highest BCUT2D eigenvalue weighted by molar-refractivity contribution is 6.31. The highest BCUT2D eigenvalue weighted by Gasteiger charge is 2.72. The molecule has 2 amide bonds. The predicted molar refractivity (Wildman–Crippen MR) is 143 cm³/mol. The SMILES string of the molecule is CC1(C)C2C(=O)N(Cc3cc4c(-c5cc(Cl)cc6c5N(C[C@@H]5CNCCO5)CCC6)ncnn4c3)C(=O)C21. The van der Waals surface area contributed by atoms with Gasteiger partial charge in [0.2, 0.25) is 11.8 Å². The first-order valence-corrected chi connectivity index (χ1v) is 13.8. The molecule has 2 unspecified atom stereocenters. The predicted octanol–water partition coefficient (Wildman–Crippen LogP) is 2.93. The number of rotatable bonds is 5. The van der Waals surface area contributed by atoms with Gasteiger partial charge in [-0.2, -0.15) is 5.10 Å². The van der Waals surface area contributed by atoms with Gasteiger partial charge in [-0.25, -0.2) is 9.50 Å². The Morgan fingerprint density at radius 2 is 2.00 bits per heavy atom. The molecule has 7 rings (SSSR count). The molecule has 0 bridgehead atoms. The summed E-state index contributed by atoms with van der Waals surface area (Å²) < 4.78 is 7.80. The number of amides is 2. The molecule has 0 spiro atoms. The van der Waals surface area contributed by atoms with Crippen molar-refractivity contribution in [1.82, 2.24) is 24.8 Å². The Morgan fingerprint density at radius 3 is 2.76 bits per heavy atom. The molecule has 10 heteroatoms.